The zero-order valence-electron chi connectivity index (χ0n) is 11.9. The number of benzene rings is 1. The van der Waals surface area contributed by atoms with Crippen LogP contribution in [0.2, 0.25) is 0 Å². The van der Waals surface area contributed by atoms with Gasteiger partial charge in [0.25, 0.3) is 5.91 Å². The summed E-state index contributed by atoms with van der Waals surface area (Å²) in [6.07, 6.45) is 2.32. The highest BCUT2D eigenvalue weighted by atomic mass is 19.1. The van der Waals surface area contributed by atoms with Crippen LogP contribution in [0.15, 0.2) is 18.2 Å². The molecule has 1 aromatic rings. The molecule has 1 aliphatic carbocycles. The average Bonchev–Trinajstić information content (AvgIpc) is 2.95. The summed E-state index contributed by atoms with van der Waals surface area (Å²) in [6.45, 7) is 2.37. The van der Waals surface area contributed by atoms with Gasteiger partial charge >= 0.3 is 5.97 Å². The molecule has 2 aliphatic rings. The highest BCUT2D eigenvalue weighted by Crippen LogP contribution is 2.49. The number of carboxylic acid groups (broad SMARTS) is 1. The lowest BCUT2D eigenvalue weighted by Crippen LogP contribution is -2.37. The predicted molar refractivity (Wildman–Crippen MR) is 74.5 cm³/mol. The first-order valence-electron chi connectivity index (χ1n) is 7.23. The number of fused-ring (bicyclic) bond motifs is 1. The number of rotatable bonds is 2. The predicted octanol–water partition coefficient (Wildman–Crippen LogP) is 2.46. The number of halogens is 1. The summed E-state index contributed by atoms with van der Waals surface area (Å²) >= 11 is 0. The lowest BCUT2D eigenvalue weighted by atomic mass is 9.81. The van der Waals surface area contributed by atoms with Crippen LogP contribution in [0.3, 0.4) is 0 Å². The Labute approximate surface area is 122 Å². The lowest BCUT2D eigenvalue weighted by molar-refractivity contribution is -0.149. The van der Waals surface area contributed by atoms with Gasteiger partial charge in [-0.25, -0.2) is 4.39 Å². The standard InChI is InChI=1S/C16H18FNO3/c1-10-4-5-12(13(17)7-10)14(19)18-8-11-3-2-6-16(11,9-18)15(20)21/h4-5,7,11H,2-3,6,8-9H2,1H3,(H,20,21)/t11-,16+/m0/s1. The maximum absolute atomic E-state index is 13.9. The summed E-state index contributed by atoms with van der Waals surface area (Å²) < 4.78 is 13.9. The molecule has 2 atom stereocenters. The van der Waals surface area contributed by atoms with Crippen molar-refractivity contribution in [2.45, 2.75) is 26.2 Å². The van der Waals surface area contributed by atoms with Gasteiger partial charge < -0.3 is 10.0 Å². The first-order valence-corrected chi connectivity index (χ1v) is 7.23. The molecule has 1 heterocycles. The number of carboxylic acids is 1. The van der Waals surface area contributed by atoms with Crippen molar-refractivity contribution < 1.29 is 19.1 Å². The van der Waals surface area contributed by atoms with Crippen molar-refractivity contribution in [3.05, 3.63) is 35.1 Å². The molecule has 3 rings (SSSR count). The molecule has 1 saturated carbocycles. The third-order valence-electron chi connectivity index (χ3n) is 4.94. The number of amides is 1. The molecular formula is C16H18FNO3. The van der Waals surface area contributed by atoms with Crippen molar-refractivity contribution in [1.29, 1.82) is 0 Å². The van der Waals surface area contributed by atoms with E-state index in [1.807, 2.05) is 0 Å². The largest absolute Gasteiger partial charge is 0.481 e. The van der Waals surface area contributed by atoms with Gasteiger partial charge in [-0.05, 0) is 43.4 Å². The molecule has 0 unspecified atom stereocenters. The van der Waals surface area contributed by atoms with Crippen molar-refractivity contribution in [1.82, 2.24) is 4.90 Å². The zero-order chi connectivity index (χ0) is 15.2. The van der Waals surface area contributed by atoms with E-state index < -0.39 is 23.1 Å². The van der Waals surface area contributed by atoms with E-state index in [0.717, 1.165) is 18.4 Å². The van der Waals surface area contributed by atoms with Crippen LogP contribution in [0, 0.1) is 24.1 Å². The topological polar surface area (TPSA) is 57.6 Å². The summed E-state index contributed by atoms with van der Waals surface area (Å²) in [6, 6.07) is 4.51. The molecule has 0 bridgehead atoms. The molecular weight excluding hydrogens is 273 g/mol. The van der Waals surface area contributed by atoms with Gasteiger partial charge in [0, 0.05) is 13.1 Å². The summed E-state index contributed by atoms with van der Waals surface area (Å²) in [5.41, 5.74) is -0.0398. The smallest absolute Gasteiger partial charge is 0.311 e. The van der Waals surface area contributed by atoms with Gasteiger partial charge in [0.15, 0.2) is 0 Å². The third kappa shape index (κ3) is 2.11. The second-order valence-electron chi connectivity index (χ2n) is 6.22. The van der Waals surface area contributed by atoms with Gasteiger partial charge in [-0.15, -0.1) is 0 Å². The van der Waals surface area contributed by atoms with Crippen LogP contribution in [-0.2, 0) is 4.79 Å². The van der Waals surface area contributed by atoms with Crippen molar-refractivity contribution >= 4 is 11.9 Å². The summed E-state index contributed by atoms with van der Waals surface area (Å²) in [5.74, 6) is -1.78. The number of aryl methyl sites for hydroxylation is 1. The number of nitrogens with zero attached hydrogens (tertiary/aromatic N) is 1. The minimum absolute atomic E-state index is 0.00698. The summed E-state index contributed by atoms with van der Waals surface area (Å²) in [7, 11) is 0. The molecule has 0 aromatic heterocycles. The van der Waals surface area contributed by atoms with E-state index in [4.69, 9.17) is 0 Å². The average molecular weight is 291 g/mol. The van der Waals surface area contributed by atoms with Crippen LogP contribution in [0.1, 0.15) is 35.2 Å². The van der Waals surface area contributed by atoms with Crippen molar-refractivity contribution in [2.24, 2.45) is 11.3 Å². The molecule has 1 amide bonds. The monoisotopic (exact) mass is 291 g/mol. The maximum atomic E-state index is 13.9. The number of carbonyl (C=O) groups is 2. The lowest BCUT2D eigenvalue weighted by Gasteiger charge is -2.23. The normalized spacial score (nSPS) is 27.7. The van der Waals surface area contributed by atoms with Gasteiger partial charge in [-0.3, -0.25) is 9.59 Å². The fourth-order valence-corrected chi connectivity index (χ4v) is 3.76. The molecule has 4 nitrogen and oxygen atoms in total. The Bertz CT molecular complexity index is 616. The number of hydrogen-bond donors (Lipinski definition) is 1. The fourth-order valence-electron chi connectivity index (χ4n) is 3.76. The van der Waals surface area contributed by atoms with Crippen molar-refractivity contribution in [3.63, 3.8) is 0 Å². The number of aliphatic carboxylic acids is 1. The summed E-state index contributed by atoms with van der Waals surface area (Å²) in [4.78, 5) is 25.6. The van der Waals surface area contributed by atoms with E-state index in [1.54, 1.807) is 13.0 Å². The number of likely N-dealkylation sites (tertiary alicyclic amines) is 1. The van der Waals surface area contributed by atoms with E-state index in [9.17, 15) is 19.1 Å². The molecule has 2 fully saturated rings. The van der Waals surface area contributed by atoms with Gasteiger partial charge in [-0.1, -0.05) is 12.5 Å². The molecule has 1 aliphatic heterocycles. The highest BCUT2D eigenvalue weighted by Gasteiger charge is 2.55. The Morgan fingerprint density at radius 1 is 1.43 bits per heavy atom. The van der Waals surface area contributed by atoms with Gasteiger partial charge in [-0.2, -0.15) is 0 Å². The first-order chi connectivity index (χ1) is 9.94. The van der Waals surface area contributed by atoms with E-state index in [2.05, 4.69) is 0 Å². The molecule has 5 heteroatoms. The van der Waals surface area contributed by atoms with Crippen molar-refractivity contribution in [2.75, 3.05) is 13.1 Å². The Hall–Kier alpha value is -1.91. The van der Waals surface area contributed by atoms with Crippen LogP contribution in [0.5, 0.6) is 0 Å². The van der Waals surface area contributed by atoms with Crippen LogP contribution in [-0.4, -0.2) is 35.0 Å². The molecule has 0 radical (unpaired) electrons. The first kappa shape index (κ1) is 14.0. The second kappa shape index (κ2) is 4.83. The Balaban J connectivity index is 1.86. The second-order valence-corrected chi connectivity index (χ2v) is 6.22. The highest BCUT2D eigenvalue weighted by molar-refractivity contribution is 5.95. The zero-order valence-corrected chi connectivity index (χ0v) is 11.9. The number of carbonyl (C=O) groups excluding carboxylic acids is 1. The quantitative estimate of drug-likeness (QED) is 0.910. The van der Waals surface area contributed by atoms with Crippen LogP contribution in [0.25, 0.3) is 0 Å². The van der Waals surface area contributed by atoms with E-state index in [1.165, 1.54) is 17.0 Å². The van der Waals surface area contributed by atoms with Crippen LogP contribution in [0.4, 0.5) is 4.39 Å². The fraction of sp³-hybridized carbons (Fsp3) is 0.500. The minimum Gasteiger partial charge on any atom is -0.481 e. The van der Waals surface area contributed by atoms with Gasteiger partial charge in [0.05, 0.1) is 11.0 Å². The summed E-state index contributed by atoms with van der Waals surface area (Å²) in [5, 5.41) is 9.52. The molecule has 112 valence electrons. The Morgan fingerprint density at radius 2 is 2.19 bits per heavy atom. The third-order valence-corrected chi connectivity index (χ3v) is 4.94. The Kier molecular flexibility index (Phi) is 3.23. The van der Waals surface area contributed by atoms with E-state index in [0.29, 0.717) is 13.0 Å². The van der Waals surface area contributed by atoms with E-state index in [-0.39, 0.29) is 18.0 Å². The maximum Gasteiger partial charge on any atom is 0.311 e. The molecule has 1 N–H and O–H groups in total. The molecule has 21 heavy (non-hydrogen) atoms. The molecule has 0 spiro atoms. The SMILES string of the molecule is Cc1ccc(C(=O)N2C[C@@H]3CCC[C@@]3(C(=O)O)C2)c(F)c1. The van der Waals surface area contributed by atoms with Gasteiger partial charge in [0.2, 0.25) is 0 Å². The van der Waals surface area contributed by atoms with E-state index >= 15 is 0 Å². The molecule has 1 aromatic carbocycles. The molecule has 1 saturated heterocycles. The minimum atomic E-state index is -0.829. The van der Waals surface area contributed by atoms with Crippen molar-refractivity contribution in [3.8, 4) is 0 Å². The number of hydrogen-bond acceptors (Lipinski definition) is 2. The van der Waals surface area contributed by atoms with Gasteiger partial charge in [0.1, 0.15) is 5.82 Å². The Morgan fingerprint density at radius 3 is 2.81 bits per heavy atom. The van der Waals surface area contributed by atoms with Crippen LogP contribution >= 0.6 is 0 Å². The van der Waals surface area contributed by atoms with Crippen LogP contribution < -0.4 is 0 Å².